The summed E-state index contributed by atoms with van der Waals surface area (Å²) in [6, 6.07) is 17.5. The van der Waals surface area contributed by atoms with E-state index in [-0.39, 0.29) is 16.8 Å². The van der Waals surface area contributed by atoms with Crippen molar-refractivity contribution in [1.82, 2.24) is 5.32 Å². The van der Waals surface area contributed by atoms with Crippen molar-refractivity contribution in [3.63, 3.8) is 0 Å². The van der Waals surface area contributed by atoms with Gasteiger partial charge in [0, 0.05) is 16.5 Å². The summed E-state index contributed by atoms with van der Waals surface area (Å²) in [6.45, 7) is 2.32. The van der Waals surface area contributed by atoms with Gasteiger partial charge in [-0.3, -0.25) is 9.10 Å². The van der Waals surface area contributed by atoms with Crippen molar-refractivity contribution >= 4 is 33.0 Å². The summed E-state index contributed by atoms with van der Waals surface area (Å²) >= 11 is 1.56. The molecule has 144 valence electrons. The van der Waals surface area contributed by atoms with Crippen molar-refractivity contribution in [2.75, 3.05) is 4.31 Å². The van der Waals surface area contributed by atoms with Gasteiger partial charge in [0.25, 0.3) is 15.9 Å². The van der Waals surface area contributed by atoms with Crippen LogP contribution >= 0.6 is 11.3 Å². The Morgan fingerprint density at radius 1 is 1.14 bits per heavy atom. The van der Waals surface area contributed by atoms with E-state index in [2.05, 4.69) is 5.32 Å². The number of thiophene rings is 1. The molecule has 7 heteroatoms. The van der Waals surface area contributed by atoms with Crippen LogP contribution in [0, 0.1) is 0 Å². The average molecular weight is 413 g/mol. The standard InChI is InChI=1S/C21H20N2O3S2/c1-15-12-16-6-2-3-10-20(16)23(15)28(25,26)19-9-4-7-17(13-19)21(24)22-14-18-8-5-11-27-18/h2-11,13,15H,12,14H2,1H3,(H,22,24). The monoisotopic (exact) mass is 412 g/mol. The zero-order chi connectivity index (χ0) is 19.7. The third kappa shape index (κ3) is 3.43. The quantitative estimate of drug-likeness (QED) is 0.693. The molecule has 0 saturated heterocycles. The van der Waals surface area contributed by atoms with Crippen LogP contribution in [0.15, 0.2) is 70.9 Å². The third-order valence-corrected chi connectivity index (χ3v) is 7.60. The number of hydrogen-bond acceptors (Lipinski definition) is 4. The Labute approximate surface area is 168 Å². The molecule has 0 spiro atoms. The molecule has 1 aliphatic rings. The highest BCUT2D eigenvalue weighted by Gasteiger charge is 2.36. The molecular formula is C21H20N2O3S2. The molecule has 0 fully saturated rings. The lowest BCUT2D eigenvalue weighted by Gasteiger charge is -2.24. The summed E-state index contributed by atoms with van der Waals surface area (Å²) < 4.78 is 28.1. The van der Waals surface area contributed by atoms with E-state index in [1.165, 1.54) is 10.4 Å². The Balaban J connectivity index is 1.61. The fourth-order valence-corrected chi connectivity index (χ4v) is 5.88. The highest BCUT2D eigenvalue weighted by molar-refractivity contribution is 7.92. The minimum Gasteiger partial charge on any atom is -0.347 e. The number of carbonyl (C=O) groups is 1. The van der Waals surface area contributed by atoms with E-state index < -0.39 is 10.0 Å². The van der Waals surface area contributed by atoms with E-state index in [1.54, 1.807) is 29.5 Å². The number of nitrogens with one attached hydrogen (secondary N) is 1. The molecule has 1 N–H and O–H groups in total. The van der Waals surface area contributed by atoms with Crippen molar-refractivity contribution < 1.29 is 13.2 Å². The van der Waals surface area contributed by atoms with Gasteiger partial charge in [0.2, 0.25) is 0 Å². The number of hydrogen-bond donors (Lipinski definition) is 1. The highest BCUT2D eigenvalue weighted by atomic mass is 32.2. The maximum atomic E-state index is 13.3. The summed E-state index contributed by atoms with van der Waals surface area (Å²) in [7, 11) is -3.76. The van der Waals surface area contributed by atoms with Crippen molar-refractivity contribution in [3.05, 3.63) is 82.0 Å². The van der Waals surface area contributed by atoms with Crippen molar-refractivity contribution in [1.29, 1.82) is 0 Å². The zero-order valence-corrected chi connectivity index (χ0v) is 17.0. The lowest BCUT2D eigenvalue weighted by atomic mass is 10.1. The predicted octanol–water partition coefficient (Wildman–Crippen LogP) is 3.82. The molecule has 1 aromatic heterocycles. The topological polar surface area (TPSA) is 66.5 Å². The first-order chi connectivity index (χ1) is 13.5. The number of benzene rings is 2. The summed E-state index contributed by atoms with van der Waals surface area (Å²) in [4.78, 5) is 13.7. The van der Waals surface area contributed by atoms with Crippen LogP contribution in [-0.2, 0) is 23.0 Å². The Hall–Kier alpha value is -2.64. The molecule has 4 rings (SSSR count). The number of amides is 1. The first-order valence-electron chi connectivity index (χ1n) is 9.00. The molecule has 1 unspecified atom stereocenters. The third-order valence-electron chi connectivity index (χ3n) is 4.80. The first kappa shape index (κ1) is 18.7. The van der Waals surface area contributed by atoms with Crippen molar-refractivity contribution in [2.24, 2.45) is 0 Å². The molecular weight excluding hydrogens is 392 g/mol. The van der Waals surface area contributed by atoms with Gasteiger partial charge in [-0.25, -0.2) is 8.42 Å². The Bertz CT molecular complexity index is 1110. The van der Waals surface area contributed by atoms with E-state index in [9.17, 15) is 13.2 Å². The van der Waals surface area contributed by atoms with E-state index in [1.807, 2.05) is 48.7 Å². The minimum atomic E-state index is -3.76. The molecule has 2 heterocycles. The Kier molecular flexibility index (Phi) is 4.95. The average Bonchev–Trinajstić information content (AvgIpc) is 3.32. The molecule has 5 nitrogen and oxygen atoms in total. The number of para-hydroxylation sites is 1. The van der Waals surface area contributed by atoms with Gasteiger partial charge in [0.15, 0.2) is 0 Å². The molecule has 0 bridgehead atoms. The molecule has 28 heavy (non-hydrogen) atoms. The lowest BCUT2D eigenvalue weighted by molar-refractivity contribution is 0.0951. The molecule has 1 aliphatic heterocycles. The van der Waals surface area contributed by atoms with Crippen LogP contribution in [0.5, 0.6) is 0 Å². The first-order valence-corrected chi connectivity index (χ1v) is 11.3. The van der Waals surface area contributed by atoms with Gasteiger partial charge in [0.1, 0.15) is 0 Å². The number of fused-ring (bicyclic) bond motifs is 1. The highest BCUT2D eigenvalue weighted by Crippen LogP contribution is 2.36. The molecule has 2 aromatic carbocycles. The van der Waals surface area contributed by atoms with E-state index in [0.717, 1.165) is 10.4 Å². The molecule has 3 aromatic rings. The van der Waals surface area contributed by atoms with Gasteiger partial charge < -0.3 is 5.32 Å². The molecule has 1 atom stereocenters. The summed E-state index contributed by atoms with van der Waals surface area (Å²) in [6.07, 6.45) is 0.677. The van der Waals surface area contributed by atoms with Crippen LogP contribution in [0.3, 0.4) is 0 Å². The second kappa shape index (κ2) is 7.41. The van der Waals surface area contributed by atoms with Crippen LogP contribution in [-0.4, -0.2) is 20.4 Å². The summed E-state index contributed by atoms with van der Waals surface area (Å²) in [5.41, 5.74) is 2.06. The van der Waals surface area contributed by atoms with Crippen LogP contribution in [0.4, 0.5) is 5.69 Å². The van der Waals surface area contributed by atoms with Gasteiger partial charge >= 0.3 is 0 Å². The maximum absolute atomic E-state index is 13.3. The van der Waals surface area contributed by atoms with Crippen LogP contribution in [0.1, 0.15) is 27.7 Å². The normalized spacial score (nSPS) is 16.0. The number of rotatable bonds is 5. The molecule has 0 aliphatic carbocycles. The maximum Gasteiger partial charge on any atom is 0.264 e. The van der Waals surface area contributed by atoms with Crippen LogP contribution < -0.4 is 9.62 Å². The van der Waals surface area contributed by atoms with Gasteiger partial charge in [-0.15, -0.1) is 11.3 Å². The molecule has 0 radical (unpaired) electrons. The predicted molar refractivity (Wildman–Crippen MR) is 111 cm³/mol. The van der Waals surface area contributed by atoms with E-state index in [4.69, 9.17) is 0 Å². The van der Waals surface area contributed by atoms with Gasteiger partial charge in [0.05, 0.1) is 17.1 Å². The van der Waals surface area contributed by atoms with Crippen LogP contribution in [0.25, 0.3) is 0 Å². The smallest absolute Gasteiger partial charge is 0.264 e. The van der Waals surface area contributed by atoms with Crippen molar-refractivity contribution in [3.8, 4) is 0 Å². The number of carbonyl (C=O) groups excluding carboxylic acids is 1. The summed E-state index contributed by atoms with van der Waals surface area (Å²) in [5, 5.41) is 4.79. The SMILES string of the molecule is CC1Cc2ccccc2N1S(=O)(=O)c1cccc(C(=O)NCc2cccs2)c1. The van der Waals surface area contributed by atoms with Gasteiger partial charge in [-0.05, 0) is 54.6 Å². The number of nitrogens with zero attached hydrogens (tertiary/aromatic N) is 1. The zero-order valence-electron chi connectivity index (χ0n) is 15.3. The van der Waals surface area contributed by atoms with Gasteiger partial charge in [-0.1, -0.05) is 30.3 Å². The molecule has 1 amide bonds. The Morgan fingerprint density at radius 2 is 1.96 bits per heavy atom. The summed E-state index contributed by atoms with van der Waals surface area (Å²) in [5.74, 6) is -0.291. The largest absolute Gasteiger partial charge is 0.347 e. The second-order valence-electron chi connectivity index (χ2n) is 6.77. The van der Waals surface area contributed by atoms with Crippen LogP contribution in [0.2, 0.25) is 0 Å². The lowest BCUT2D eigenvalue weighted by Crippen LogP contribution is -2.35. The Morgan fingerprint density at radius 3 is 2.75 bits per heavy atom. The number of sulfonamides is 1. The second-order valence-corrected chi connectivity index (χ2v) is 9.62. The van der Waals surface area contributed by atoms with Gasteiger partial charge in [-0.2, -0.15) is 0 Å². The fourth-order valence-electron chi connectivity index (χ4n) is 3.50. The minimum absolute atomic E-state index is 0.125. The van der Waals surface area contributed by atoms with E-state index >= 15 is 0 Å². The fraction of sp³-hybridized carbons (Fsp3) is 0.190. The van der Waals surface area contributed by atoms with Crippen molar-refractivity contribution in [2.45, 2.75) is 30.8 Å². The van der Waals surface area contributed by atoms with E-state index in [0.29, 0.717) is 24.2 Å². The number of anilines is 1. The molecule has 0 saturated carbocycles.